The third kappa shape index (κ3) is 14.4. The van der Waals surface area contributed by atoms with E-state index in [1.54, 1.807) is 0 Å². The summed E-state index contributed by atoms with van der Waals surface area (Å²) >= 11 is 4.09. The SMILES string of the molecule is CCCCCCCCCCCCC[CH]S. The molecule has 0 aromatic heterocycles. The van der Waals surface area contributed by atoms with Crippen LogP contribution in [0.4, 0.5) is 0 Å². The molecule has 0 aliphatic carbocycles. The van der Waals surface area contributed by atoms with E-state index in [1.807, 2.05) is 5.75 Å². The molecule has 0 N–H and O–H groups in total. The van der Waals surface area contributed by atoms with Crippen molar-refractivity contribution in [2.45, 2.75) is 84.0 Å². The van der Waals surface area contributed by atoms with Gasteiger partial charge in [-0.2, -0.15) is 12.6 Å². The van der Waals surface area contributed by atoms with Crippen LogP contribution < -0.4 is 0 Å². The van der Waals surface area contributed by atoms with Gasteiger partial charge >= 0.3 is 0 Å². The van der Waals surface area contributed by atoms with Gasteiger partial charge in [0.15, 0.2) is 0 Å². The van der Waals surface area contributed by atoms with Crippen molar-refractivity contribution in [3.05, 3.63) is 5.75 Å². The van der Waals surface area contributed by atoms with Crippen molar-refractivity contribution in [3.8, 4) is 0 Å². The molecule has 0 aromatic carbocycles. The van der Waals surface area contributed by atoms with Crippen molar-refractivity contribution >= 4 is 12.6 Å². The van der Waals surface area contributed by atoms with E-state index in [9.17, 15) is 0 Å². The fraction of sp³-hybridized carbons (Fsp3) is 0.929. The maximum atomic E-state index is 4.09. The van der Waals surface area contributed by atoms with Crippen LogP contribution in [0.2, 0.25) is 0 Å². The molecule has 0 aromatic rings. The van der Waals surface area contributed by atoms with Crippen LogP contribution in [0.5, 0.6) is 0 Å². The summed E-state index contributed by atoms with van der Waals surface area (Å²) in [5, 5.41) is 0. The van der Waals surface area contributed by atoms with Gasteiger partial charge in [-0.05, 0) is 6.42 Å². The molecular formula is C14H29S. The molecule has 0 spiro atoms. The predicted octanol–water partition coefficient (Wildman–Crippen LogP) is 5.78. The number of rotatable bonds is 12. The lowest BCUT2D eigenvalue weighted by molar-refractivity contribution is 0.550. The zero-order chi connectivity index (χ0) is 11.2. The molecular weight excluding hydrogens is 200 g/mol. The number of thiol groups is 1. The highest BCUT2D eigenvalue weighted by molar-refractivity contribution is 7.82. The lowest BCUT2D eigenvalue weighted by Crippen LogP contribution is -1.82. The number of hydrogen-bond donors (Lipinski definition) is 1. The van der Waals surface area contributed by atoms with Crippen LogP contribution in [0.3, 0.4) is 0 Å². The quantitative estimate of drug-likeness (QED) is 0.318. The Hall–Kier alpha value is 0.350. The molecule has 1 radical (unpaired) electrons. The molecule has 0 aliphatic rings. The third-order valence-electron chi connectivity index (χ3n) is 2.94. The minimum Gasteiger partial charge on any atom is -0.175 e. The first kappa shape index (κ1) is 15.3. The van der Waals surface area contributed by atoms with Gasteiger partial charge in [0.25, 0.3) is 0 Å². The Balaban J connectivity index is 2.81. The molecule has 0 bridgehead atoms. The molecule has 0 saturated heterocycles. The Bertz CT molecular complexity index is 89.5. The second kappa shape index (κ2) is 14.3. The molecule has 0 heterocycles. The number of unbranched alkanes of at least 4 members (excludes halogenated alkanes) is 11. The summed E-state index contributed by atoms with van der Waals surface area (Å²) < 4.78 is 0. The topological polar surface area (TPSA) is 0 Å². The van der Waals surface area contributed by atoms with E-state index in [2.05, 4.69) is 19.6 Å². The van der Waals surface area contributed by atoms with E-state index in [0.717, 1.165) is 0 Å². The van der Waals surface area contributed by atoms with Crippen LogP contribution in [0.15, 0.2) is 0 Å². The molecule has 0 aliphatic heterocycles. The van der Waals surface area contributed by atoms with Gasteiger partial charge in [-0.25, -0.2) is 0 Å². The standard InChI is InChI=1S/C14H29S/c1-2-3-4-5-6-7-8-9-10-11-12-13-14-15/h14-15H,2-13H2,1H3. The second-order valence-corrected chi connectivity index (χ2v) is 4.87. The molecule has 91 valence electrons. The summed E-state index contributed by atoms with van der Waals surface area (Å²) in [6.45, 7) is 2.28. The Morgan fingerprint density at radius 1 is 0.667 bits per heavy atom. The second-order valence-electron chi connectivity index (χ2n) is 4.51. The van der Waals surface area contributed by atoms with Crippen LogP contribution in [-0.2, 0) is 0 Å². The highest BCUT2D eigenvalue weighted by Crippen LogP contribution is 2.12. The van der Waals surface area contributed by atoms with Crippen LogP contribution in [0.25, 0.3) is 0 Å². The molecule has 0 saturated carbocycles. The highest BCUT2D eigenvalue weighted by atomic mass is 32.1. The van der Waals surface area contributed by atoms with Gasteiger partial charge in [0.1, 0.15) is 0 Å². The van der Waals surface area contributed by atoms with Gasteiger partial charge in [-0.15, -0.1) is 0 Å². The minimum atomic E-state index is 1.18. The summed E-state index contributed by atoms with van der Waals surface area (Å²) in [6.07, 6.45) is 16.9. The first-order chi connectivity index (χ1) is 7.41. The van der Waals surface area contributed by atoms with E-state index in [-0.39, 0.29) is 0 Å². The van der Waals surface area contributed by atoms with Crippen molar-refractivity contribution < 1.29 is 0 Å². The van der Waals surface area contributed by atoms with Gasteiger partial charge in [0.2, 0.25) is 0 Å². The normalized spacial score (nSPS) is 10.8. The van der Waals surface area contributed by atoms with Crippen LogP contribution in [-0.4, -0.2) is 0 Å². The predicted molar refractivity (Wildman–Crippen MR) is 74.4 cm³/mol. The maximum Gasteiger partial charge on any atom is 0.0133 e. The first-order valence-corrected chi connectivity index (χ1v) is 7.39. The molecule has 1 heteroatoms. The molecule has 0 unspecified atom stereocenters. The van der Waals surface area contributed by atoms with Crippen molar-refractivity contribution in [1.29, 1.82) is 0 Å². The van der Waals surface area contributed by atoms with Gasteiger partial charge < -0.3 is 0 Å². The average molecular weight is 229 g/mol. The molecule has 0 atom stereocenters. The van der Waals surface area contributed by atoms with Gasteiger partial charge in [0, 0.05) is 5.75 Å². The summed E-state index contributed by atoms with van der Waals surface area (Å²) in [4.78, 5) is 0. The molecule has 0 amide bonds. The van der Waals surface area contributed by atoms with E-state index < -0.39 is 0 Å². The lowest BCUT2D eigenvalue weighted by atomic mass is 10.1. The largest absolute Gasteiger partial charge is 0.175 e. The van der Waals surface area contributed by atoms with Gasteiger partial charge in [-0.3, -0.25) is 0 Å². The Kier molecular flexibility index (Phi) is 14.7. The van der Waals surface area contributed by atoms with Crippen molar-refractivity contribution in [1.82, 2.24) is 0 Å². The van der Waals surface area contributed by atoms with Crippen molar-refractivity contribution in [2.24, 2.45) is 0 Å². The summed E-state index contributed by atoms with van der Waals surface area (Å²) in [5.74, 6) is 1.98. The first-order valence-electron chi connectivity index (χ1n) is 6.87. The van der Waals surface area contributed by atoms with Crippen molar-refractivity contribution in [2.75, 3.05) is 0 Å². The van der Waals surface area contributed by atoms with E-state index in [0.29, 0.717) is 0 Å². The average Bonchev–Trinajstić information content (AvgIpc) is 2.26. The van der Waals surface area contributed by atoms with Crippen molar-refractivity contribution in [3.63, 3.8) is 0 Å². The smallest absolute Gasteiger partial charge is 0.0133 e. The Labute approximate surface area is 103 Å². The zero-order valence-corrected chi connectivity index (χ0v) is 11.4. The fourth-order valence-electron chi connectivity index (χ4n) is 1.90. The van der Waals surface area contributed by atoms with Gasteiger partial charge in [-0.1, -0.05) is 77.6 Å². The zero-order valence-electron chi connectivity index (χ0n) is 10.5. The minimum absolute atomic E-state index is 1.18. The Morgan fingerprint density at radius 3 is 1.47 bits per heavy atom. The van der Waals surface area contributed by atoms with Gasteiger partial charge in [0.05, 0.1) is 0 Å². The number of hydrogen-bond acceptors (Lipinski definition) is 1. The van der Waals surface area contributed by atoms with Crippen LogP contribution >= 0.6 is 12.6 Å². The maximum absolute atomic E-state index is 4.09. The van der Waals surface area contributed by atoms with Crippen LogP contribution in [0.1, 0.15) is 84.0 Å². The molecule has 0 nitrogen and oxygen atoms in total. The van der Waals surface area contributed by atoms with Crippen LogP contribution in [0, 0.1) is 5.75 Å². The monoisotopic (exact) mass is 229 g/mol. The highest BCUT2D eigenvalue weighted by Gasteiger charge is 1.92. The third-order valence-corrected chi connectivity index (χ3v) is 3.19. The summed E-state index contributed by atoms with van der Waals surface area (Å²) in [7, 11) is 0. The van der Waals surface area contributed by atoms with E-state index >= 15 is 0 Å². The van der Waals surface area contributed by atoms with E-state index in [4.69, 9.17) is 0 Å². The lowest BCUT2D eigenvalue weighted by Gasteiger charge is -2.01. The molecule has 0 rings (SSSR count). The fourth-order valence-corrected chi connectivity index (χ4v) is 2.08. The molecule has 15 heavy (non-hydrogen) atoms. The van der Waals surface area contributed by atoms with E-state index in [1.165, 1.54) is 77.0 Å². The summed E-state index contributed by atoms with van der Waals surface area (Å²) in [6, 6.07) is 0. The Morgan fingerprint density at radius 2 is 1.07 bits per heavy atom. The molecule has 0 fully saturated rings. The summed E-state index contributed by atoms with van der Waals surface area (Å²) in [5.41, 5.74) is 0.